The minimum Gasteiger partial charge on any atom is -0.245 e. The summed E-state index contributed by atoms with van der Waals surface area (Å²) in [4.78, 5) is 20.5. The average molecular weight is 713 g/mol. The molecule has 3 heterocycles. The van der Waals surface area contributed by atoms with Crippen LogP contribution < -0.4 is 0 Å². The van der Waals surface area contributed by atoms with Gasteiger partial charge < -0.3 is 0 Å². The zero-order valence-electron chi connectivity index (χ0n) is 30.3. The molecule has 0 aliphatic rings. The van der Waals surface area contributed by atoms with Crippen molar-refractivity contribution in [3.05, 3.63) is 194 Å². The van der Waals surface area contributed by atoms with Crippen molar-refractivity contribution in [3.63, 3.8) is 0 Å². The van der Waals surface area contributed by atoms with Crippen molar-refractivity contribution in [1.29, 1.82) is 0 Å². The SMILES string of the molecule is c1ccc(-c2cc(-c3ccc(-c4ccc5ccc6ccc(-c7ccc8c9ccccc9c9ccccc9c8c7)nc6c5n4)cc3)nc(-c3ccccc3)n2)cc1. The molecule has 0 amide bonds. The Morgan fingerprint density at radius 2 is 0.625 bits per heavy atom. The number of hydrogen-bond donors (Lipinski definition) is 0. The van der Waals surface area contributed by atoms with Crippen LogP contribution in [0.4, 0.5) is 0 Å². The summed E-state index contributed by atoms with van der Waals surface area (Å²) in [7, 11) is 0. The number of nitrogens with zero attached hydrogens (tertiary/aromatic N) is 4. The van der Waals surface area contributed by atoms with E-state index < -0.39 is 0 Å². The Balaban J connectivity index is 0.987. The summed E-state index contributed by atoms with van der Waals surface area (Å²) in [5.74, 6) is 0.700. The van der Waals surface area contributed by atoms with E-state index in [-0.39, 0.29) is 0 Å². The molecule has 8 aromatic carbocycles. The standard InChI is InChI=1S/C52H32N4/c1-3-11-33(12-4-1)48-32-49(56-52(55-48)38-13-5-2-6-14-38)35-21-19-34(20-22-35)46-29-26-36-23-24-37-27-30-47(54-51(37)50(36)53-46)39-25-28-44-42-17-8-7-15-40(42)41-16-9-10-18-43(41)45(44)31-39/h1-32H. The Bertz CT molecular complexity index is 3190. The van der Waals surface area contributed by atoms with Gasteiger partial charge in [-0.1, -0.05) is 170 Å². The van der Waals surface area contributed by atoms with Gasteiger partial charge in [0.05, 0.1) is 33.8 Å². The van der Waals surface area contributed by atoms with Gasteiger partial charge in [0.15, 0.2) is 5.82 Å². The van der Waals surface area contributed by atoms with Gasteiger partial charge in [0, 0.05) is 38.6 Å². The molecule has 0 unspecified atom stereocenters. The van der Waals surface area contributed by atoms with Crippen molar-refractivity contribution in [3.8, 4) is 56.4 Å². The molecule has 260 valence electrons. The predicted molar refractivity (Wildman–Crippen MR) is 232 cm³/mol. The zero-order chi connectivity index (χ0) is 37.0. The van der Waals surface area contributed by atoms with Crippen molar-refractivity contribution in [2.24, 2.45) is 0 Å². The van der Waals surface area contributed by atoms with Gasteiger partial charge in [-0.2, -0.15) is 0 Å². The molecule has 11 rings (SSSR count). The molecule has 56 heavy (non-hydrogen) atoms. The molecule has 4 nitrogen and oxygen atoms in total. The lowest BCUT2D eigenvalue weighted by atomic mass is 9.93. The maximum atomic E-state index is 5.30. The van der Waals surface area contributed by atoms with Crippen LogP contribution in [0.25, 0.3) is 111 Å². The van der Waals surface area contributed by atoms with Crippen LogP contribution in [0.15, 0.2) is 194 Å². The Morgan fingerprint density at radius 3 is 1.18 bits per heavy atom. The third-order valence-corrected chi connectivity index (χ3v) is 10.9. The van der Waals surface area contributed by atoms with Gasteiger partial charge >= 0.3 is 0 Å². The lowest BCUT2D eigenvalue weighted by Crippen LogP contribution is -1.96. The highest BCUT2D eigenvalue weighted by atomic mass is 14.9. The summed E-state index contributed by atoms with van der Waals surface area (Å²) in [5, 5.41) is 9.65. The van der Waals surface area contributed by atoms with E-state index >= 15 is 0 Å². The van der Waals surface area contributed by atoms with Crippen LogP contribution in [0.1, 0.15) is 0 Å². The van der Waals surface area contributed by atoms with Crippen molar-refractivity contribution in [1.82, 2.24) is 19.9 Å². The lowest BCUT2D eigenvalue weighted by Gasteiger charge is -2.12. The molecule has 0 bridgehead atoms. The second kappa shape index (κ2) is 13.1. The highest BCUT2D eigenvalue weighted by Gasteiger charge is 2.14. The lowest BCUT2D eigenvalue weighted by molar-refractivity contribution is 1.18. The first-order chi connectivity index (χ1) is 27.7. The first-order valence-electron chi connectivity index (χ1n) is 18.9. The Labute approximate surface area is 323 Å². The summed E-state index contributed by atoms with van der Waals surface area (Å²) in [6.45, 7) is 0. The molecule has 0 atom stereocenters. The van der Waals surface area contributed by atoms with Gasteiger partial charge in [0.25, 0.3) is 0 Å². The molecule has 11 aromatic rings. The van der Waals surface area contributed by atoms with Gasteiger partial charge in [0.2, 0.25) is 0 Å². The van der Waals surface area contributed by atoms with E-state index in [9.17, 15) is 0 Å². The largest absolute Gasteiger partial charge is 0.245 e. The fraction of sp³-hybridized carbons (Fsp3) is 0. The normalized spacial score (nSPS) is 11.6. The third kappa shape index (κ3) is 5.47. The molecule has 0 N–H and O–H groups in total. The highest BCUT2D eigenvalue weighted by molar-refractivity contribution is 6.25. The number of rotatable bonds is 5. The molecule has 4 heteroatoms. The first-order valence-corrected chi connectivity index (χ1v) is 18.9. The summed E-state index contributed by atoms with van der Waals surface area (Å²) < 4.78 is 0. The Kier molecular flexibility index (Phi) is 7.46. The second-order valence-corrected chi connectivity index (χ2v) is 14.2. The van der Waals surface area contributed by atoms with Gasteiger partial charge in [-0.15, -0.1) is 0 Å². The Hall–Kier alpha value is -7.56. The molecule has 0 saturated heterocycles. The van der Waals surface area contributed by atoms with Crippen LogP contribution in [0.5, 0.6) is 0 Å². The smallest absolute Gasteiger partial charge is 0.160 e. The highest BCUT2D eigenvalue weighted by Crippen LogP contribution is 2.38. The van der Waals surface area contributed by atoms with E-state index in [4.69, 9.17) is 19.9 Å². The molecule has 0 saturated carbocycles. The average Bonchev–Trinajstić information content (AvgIpc) is 3.29. The van der Waals surface area contributed by atoms with Gasteiger partial charge in [-0.3, -0.25) is 0 Å². The van der Waals surface area contributed by atoms with Crippen molar-refractivity contribution in [2.45, 2.75) is 0 Å². The molecule has 0 aliphatic carbocycles. The van der Waals surface area contributed by atoms with Crippen LogP contribution in [0.3, 0.4) is 0 Å². The van der Waals surface area contributed by atoms with E-state index in [0.717, 1.165) is 72.4 Å². The second-order valence-electron chi connectivity index (χ2n) is 14.2. The number of hydrogen-bond acceptors (Lipinski definition) is 4. The van der Waals surface area contributed by atoms with Gasteiger partial charge in [-0.25, -0.2) is 19.9 Å². The van der Waals surface area contributed by atoms with Crippen LogP contribution in [0, 0.1) is 0 Å². The van der Waals surface area contributed by atoms with Crippen LogP contribution in [0.2, 0.25) is 0 Å². The maximum Gasteiger partial charge on any atom is 0.160 e. The molecule has 0 radical (unpaired) electrons. The molecule has 3 aromatic heterocycles. The van der Waals surface area contributed by atoms with Crippen molar-refractivity contribution in [2.75, 3.05) is 0 Å². The molecular weight excluding hydrogens is 681 g/mol. The number of benzene rings is 8. The van der Waals surface area contributed by atoms with Crippen LogP contribution in [-0.4, -0.2) is 19.9 Å². The van der Waals surface area contributed by atoms with Gasteiger partial charge in [0.1, 0.15) is 0 Å². The number of fused-ring (bicyclic) bond motifs is 9. The topological polar surface area (TPSA) is 51.6 Å². The van der Waals surface area contributed by atoms with E-state index in [0.29, 0.717) is 5.82 Å². The predicted octanol–water partition coefficient (Wildman–Crippen LogP) is 13.4. The maximum absolute atomic E-state index is 5.30. The van der Waals surface area contributed by atoms with E-state index in [1.54, 1.807) is 0 Å². The minimum absolute atomic E-state index is 0.700. The first kappa shape index (κ1) is 31.9. The number of aromatic nitrogens is 4. The minimum atomic E-state index is 0.700. The molecule has 0 aliphatic heterocycles. The summed E-state index contributed by atoms with van der Waals surface area (Å²) >= 11 is 0. The summed E-state index contributed by atoms with van der Waals surface area (Å²) in [6.07, 6.45) is 0. The summed E-state index contributed by atoms with van der Waals surface area (Å²) in [6, 6.07) is 67.9. The van der Waals surface area contributed by atoms with E-state index in [1.165, 1.54) is 32.3 Å². The number of pyridine rings is 2. The Morgan fingerprint density at radius 1 is 0.232 bits per heavy atom. The van der Waals surface area contributed by atoms with E-state index in [2.05, 4.69) is 158 Å². The zero-order valence-corrected chi connectivity index (χ0v) is 30.3. The fourth-order valence-corrected chi connectivity index (χ4v) is 8.04. The molecule has 0 fully saturated rings. The monoisotopic (exact) mass is 712 g/mol. The van der Waals surface area contributed by atoms with Gasteiger partial charge in [-0.05, 0) is 56.6 Å². The quantitative estimate of drug-likeness (QED) is 0.167. The van der Waals surface area contributed by atoms with Crippen LogP contribution >= 0.6 is 0 Å². The fourth-order valence-electron chi connectivity index (χ4n) is 8.04. The van der Waals surface area contributed by atoms with Crippen molar-refractivity contribution < 1.29 is 0 Å². The van der Waals surface area contributed by atoms with Crippen LogP contribution in [-0.2, 0) is 0 Å². The third-order valence-electron chi connectivity index (χ3n) is 10.9. The van der Waals surface area contributed by atoms with Crippen molar-refractivity contribution >= 4 is 54.1 Å². The molecule has 0 spiro atoms. The summed E-state index contributed by atoms with van der Waals surface area (Å²) in [5.41, 5.74) is 10.5. The molecular formula is C52H32N4. The van der Waals surface area contributed by atoms with E-state index in [1.807, 2.05) is 36.4 Å².